The number of carbonyl (C=O) groups is 1. The molecule has 106 valence electrons. The van der Waals surface area contributed by atoms with Gasteiger partial charge in [-0.2, -0.15) is 4.98 Å². The second kappa shape index (κ2) is 5.36. The number of aromatic nitrogens is 2. The Morgan fingerprint density at radius 3 is 3.00 bits per heavy atom. The third-order valence-corrected chi connectivity index (χ3v) is 4.68. The highest BCUT2D eigenvalue weighted by Crippen LogP contribution is 2.27. The second-order valence-electron chi connectivity index (χ2n) is 5.19. The van der Waals surface area contributed by atoms with E-state index in [0.717, 1.165) is 35.7 Å². The fourth-order valence-electron chi connectivity index (χ4n) is 2.59. The molecule has 3 heterocycles. The Balaban J connectivity index is 1.75. The largest absolute Gasteiger partial charge is 0.340 e. The van der Waals surface area contributed by atoms with E-state index < -0.39 is 0 Å². The van der Waals surface area contributed by atoms with Gasteiger partial charge >= 0.3 is 0 Å². The molecule has 1 aliphatic rings. The second-order valence-corrected chi connectivity index (χ2v) is 6.11. The molecule has 0 spiro atoms. The molecule has 0 unspecified atom stereocenters. The highest BCUT2D eigenvalue weighted by molar-refractivity contribution is 7.12. The number of nitrogens with zero attached hydrogens (tertiary/aromatic N) is 3. The summed E-state index contributed by atoms with van der Waals surface area (Å²) in [5.74, 6) is 1.62. The Morgan fingerprint density at radius 1 is 1.50 bits per heavy atom. The molecule has 2 aromatic rings. The number of piperidine rings is 1. The predicted molar refractivity (Wildman–Crippen MR) is 76.0 cm³/mol. The molecule has 1 atom stereocenters. The third-order valence-electron chi connectivity index (χ3n) is 3.67. The standard InChI is InChI=1S/C14H17N3O2S/c1-9-5-7-20-12(9)14(18)17-6-3-4-11(8-17)13-15-10(2)19-16-13/h5,7,11H,3-4,6,8H2,1-2H3/t11-/m0/s1. The lowest BCUT2D eigenvalue weighted by Gasteiger charge is -2.31. The maximum absolute atomic E-state index is 12.5. The Hall–Kier alpha value is -1.69. The Kier molecular flexibility index (Phi) is 3.56. The SMILES string of the molecule is Cc1nc([C@H]2CCCN(C(=O)c3sccc3C)C2)no1. The van der Waals surface area contributed by atoms with Crippen LogP contribution in [0.15, 0.2) is 16.0 Å². The van der Waals surface area contributed by atoms with E-state index in [4.69, 9.17) is 4.52 Å². The first kappa shape index (κ1) is 13.3. The van der Waals surface area contributed by atoms with Crippen LogP contribution in [-0.4, -0.2) is 34.0 Å². The summed E-state index contributed by atoms with van der Waals surface area (Å²) in [6.45, 7) is 5.25. The van der Waals surface area contributed by atoms with Crippen LogP contribution in [-0.2, 0) is 0 Å². The van der Waals surface area contributed by atoms with Crippen molar-refractivity contribution < 1.29 is 9.32 Å². The minimum Gasteiger partial charge on any atom is -0.340 e. The number of rotatable bonds is 2. The van der Waals surface area contributed by atoms with Gasteiger partial charge in [0, 0.05) is 25.9 Å². The first-order valence-electron chi connectivity index (χ1n) is 6.78. The van der Waals surface area contributed by atoms with Crippen LogP contribution in [0.4, 0.5) is 0 Å². The summed E-state index contributed by atoms with van der Waals surface area (Å²) in [7, 11) is 0. The van der Waals surface area contributed by atoms with E-state index in [2.05, 4.69) is 10.1 Å². The van der Waals surface area contributed by atoms with Gasteiger partial charge in [-0.15, -0.1) is 11.3 Å². The van der Waals surface area contributed by atoms with Gasteiger partial charge < -0.3 is 9.42 Å². The van der Waals surface area contributed by atoms with Crippen LogP contribution in [0, 0.1) is 13.8 Å². The first-order valence-corrected chi connectivity index (χ1v) is 7.66. The highest BCUT2D eigenvalue weighted by atomic mass is 32.1. The van der Waals surface area contributed by atoms with Crippen molar-refractivity contribution in [2.45, 2.75) is 32.6 Å². The summed E-state index contributed by atoms with van der Waals surface area (Å²) >= 11 is 1.51. The van der Waals surface area contributed by atoms with Crippen LogP contribution in [0.1, 0.15) is 45.7 Å². The monoisotopic (exact) mass is 291 g/mol. The zero-order chi connectivity index (χ0) is 14.1. The third kappa shape index (κ3) is 2.47. The van der Waals surface area contributed by atoms with Gasteiger partial charge in [-0.3, -0.25) is 4.79 Å². The van der Waals surface area contributed by atoms with Crippen molar-refractivity contribution in [1.29, 1.82) is 0 Å². The van der Waals surface area contributed by atoms with Crippen molar-refractivity contribution in [3.8, 4) is 0 Å². The number of hydrogen-bond donors (Lipinski definition) is 0. The summed E-state index contributed by atoms with van der Waals surface area (Å²) < 4.78 is 5.04. The van der Waals surface area contributed by atoms with E-state index in [1.165, 1.54) is 11.3 Å². The molecule has 0 aromatic carbocycles. The van der Waals surface area contributed by atoms with Gasteiger partial charge in [0.2, 0.25) is 5.89 Å². The molecule has 3 rings (SSSR count). The number of aryl methyl sites for hydroxylation is 2. The van der Waals surface area contributed by atoms with Gasteiger partial charge in [0.15, 0.2) is 5.82 Å². The quantitative estimate of drug-likeness (QED) is 0.853. The minimum absolute atomic E-state index is 0.127. The fourth-order valence-corrected chi connectivity index (χ4v) is 3.48. The lowest BCUT2D eigenvalue weighted by molar-refractivity contribution is 0.0708. The topological polar surface area (TPSA) is 59.2 Å². The summed E-state index contributed by atoms with van der Waals surface area (Å²) in [5.41, 5.74) is 1.05. The molecule has 0 aliphatic carbocycles. The molecule has 1 aliphatic heterocycles. The Morgan fingerprint density at radius 2 is 2.35 bits per heavy atom. The normalized spacial score (nSPS) is 19.3. The van der Waals surface area contributed by atoms with E-state index in [0.29, 0.717) is 12.4 Å². The summed E-state index contributed by atoms with van der Waals surface area (Å²) in [6, 6.07) is 1.99. The van der Waals surface area contributed by atoms with Crippen molar-refractivity contribution in [2.24, 2.45) is 0 Å². The minimum atomic E-state index is 0.127. The molecule has 0 N–H and O–H groups in total. The smallest absolute Gasteiger partial charge is 0.264 e. The maximum atomic E-state index is 12.5. The van der Waals surface area contributed by atoms with Gasteiger partial charge in [-0.1, -0.05) is 5.16 Å². The van der Waals surface area contributed by atoms with Crippen molar-refractivity contribution in [2.75, 3.05) is 13.1 Å². The molecule has 1 amide bonds. The van der Waals surface area contributed by atoms with Gasteiger partial charge in [-0.25, -0.2) is 0 Å². The molecule has 20 heavy (non-hydrogen) atoms. The zero-order valence-corrected chi connectivity index (χ0v) is 12.4. The number of likely N-dealkylation sites (tertiary alicyclic amines) is 1. The lowest BCUT2D eigenvalue weighted by Crippen LogP contribution is -2.39. The van der Waals surface area contributed by atoms with E-state index in [1.54, 1.807) is 6.92 Å². The van der Waals surface area contributed by atoms with Gasteiger partial charge in [0.1, 0.15) is 0 Å². The number of thiophene rings is 1. The lowest BCUT2D eigenvalue weighted by atomic mass is 9.97. The van der Waals surface area contributed by atoms with Crippen LogP contribution >= 0.6 is 11.3 Å². The highest BCUT2D eigenvalue weighted by Gasteiger charge is 2.29. The van der Waals surface area contributed by atoms with Gasteiger partial charge in [0.05, 0.1) is 4.88 Å². The van der Waals surface area contributed by atoms with Crippen LogP contribution in [0.5, 0.6) is 0 Å². The van der Waals surface area contributed by atoms with E-state index in [-0.39, 0.29) is 11.8 Å². The van der Waals surface area contributed by atoms with E-state index >= 15 is 0 Å². The average Bonchev–Trinajstić information content (AvgIpc) is 3.07. The molecule has 2 aromatic heterocycles. The summed E-state index contributed by atoms with van der Waals surface area (Å²) in [5, 5.41) is 5.96. The fraction of sp³-hybridized carbons (Fsp3) is 0.500. The van der Waals surface area contributed by atoms with Gasteiger partial charge in [0.25, 0.3) is 5.91 Å². The van der Waals surface area contributed by atoms with E-state index in [9.17, 15) is 4.79 Å². The molecule has 0 saturated carbocycles. The first-order chi connectivity index (χ1) is 9.65. The maximum Gasteiger partial charge on any atom is 0.264 e. The molecular formula is C14H17N3O2S. The Labute approximate surface area is 121 Å². The molecule has 0 bridgehead atoms. The summed E-state index contributed by atoms with van der Waals surface area (Å²) in [6.07, 6.45) is 1.99. The zero-order valence-electron chi connectivity index (χ0n) is 11.6. The molecule has 5 nitrogen and oxygen atoms in total. The van der Waals surface area contributed by atoms with Crippen LogP contribution < -0.4 is 0 Å². The summed E-state index contributed by atoms with van der Waals surface area (Å²) in [4.78, 5) is 19.6. The van der Waals surface area contributed by atoms with Crippen LogP contribution in [0.3, 0.4) is 0 Å². The van der Waals surface area contributed by atoms with Crippen LogP contribution in [0.2, 0.25) is 0 Å². The number of hydrogen-bond acceptors (Lipinski definition) is 5. The predicted octanol–water partition coefficient (Wildman–Crippen LogP) is 2.77. The Bertz CT molecular complexity index is 619. The van der Waals surface area contributed by atoms with Crippen molar-refractivity contribution in [3.63, 3.8) is 0 Å². The molecule has 1 saturated heterocycles. The average molecular weight is 291 g/mol. The van der Waals surface area contributed by atoms with Crippen molar-refractivity contribution >= 4 is 17.2 Å². The molecule has 0 radical (unpaired) electrons. The van der Waals surface area contributed by atoms with Crippen LogP contribution in [0.25, 0.3) is 0 Å². The molecule has 1 fully saturated rings. The van der Waals surface area contributed by atoms with Crippen molar-refractivity contribution in [3.05, 3.63) is 33.6 Å². The van der Waals surface area contributed by atoms with Crippen molar-refractivity contribution in [1.82, 2.24) is 15.0 Å². The number of amides is 1. The van der Waals surface area contributed by atoms with Gasteiger partial charge in [-0.05, 0) is 36.8 Å². The molecular weight excluding hydrogens is 274 g/mol. The molecule has 6 heteroatoms. The number of carbonyl (C=O) groups excluding carboxylic acids is 1. The van der Waals surface area contributed by atoms with E-state index in [1.807, 2.05) is 23.3 Å².